The highest BCUT2D eigenvalue weighted by molar-refractivity contribution is 5.89. The zero-order valence-electron chi connectivity index (χ0n) is 12.8. The number of hydrogen-bond acceptors (Lipinski definition) is 2. The summed E-state index contributed by atoms with van der Waals surface area (Å²) >= 11 is 0. The third-order valence-corrected chi connectivity index (χ3v) is 4.31. The molecule has 1 saturated carbocycles. The number of urea groups is 1. The fourth-order valence-corrected chi connectivity index (χ4v) is 2.34. The van der Waals surface area contributed by atoms with Crippen molar-refractivity contribution in [3.63, 3.8) is 0 Å². The minimum atomic E-state index is -0.0290. The number of benzene rings is 1. The molecule has 0 radical (unpaired) electrons. The second-order valence-electron chi connectivity index (χ2n) is 5.75. The molecule has 2 atom stereocenters. The van der Waals surface area contributed by atoms with E-state index in [0.29, 0.717) is 12.0 Å². The molecule has 2 rings (SSSR count). The summed E-state index contributed by atoms with van der Waals surface area (Å²) in [6.45, 7) is 4.22. The maximum absolute atomic E-state index is 12.2. The molecule has 2 unspecified atom stereocenters. The van der Waals surface area contributed by atoms with Gasteiger partial charge in [-0.05, 0) is 57.4 Å². The molecule has 0 saturated heterocycles. The molecule has 20 heavy (non-hydrogen) atoms. The second-order valence-corrected chi connectivity index (χ2v) is 5.75. The van der Waals surface area contributed by atoms with Crippen LogP contribution in [0.1, 0.15) is 38.3 Å². The molecule has 2 N–H and O–H groups in total. The van der Waals surface area contributed by atoms with Crippen molar-refractivity contribution in [2.24, 2.45) is 5.92 Å². The van der Waals surface area contributed by atoms with Gasteiger partial charge in [0.25, 0.3) is 0 Å². The van der Waals surface area contributed by atoms with Gasteiger partial charge in [-0.2, -0.15) is 0 Å². The summed E-state index contributed by atoms with van der Waals surface area (Å²) in [6.07, 6.45) is 2.49. The summed E-state index contributed by atoms with van der Waals surface area (Å²) in [4.78, 5) is 14.0. The van der Waals surface area contributed by atoms with E-state index >= 15 is 0 Å². The van der Waals surface area contributed by atoms with Crippen molar-refractivity contribution < 1.29 is 4.79 Å². The van der Waals surface area contributed by atoms with Crippen LogP contribution in [0.4, 0.5) is 10.5 Å². The smallest absolute Gasteiger partial charge is 0.321 e. The van der Waals surface area contributed by atoms with Gasteiger partial charge in [-0.25, -0.2) is 4.79 Å². The molecule has 1 fully saturated rings. The Bertz CT molecular complexity index is 471. The lowest BCUT2D eigenvalue weighted by Crippen LogP contribution is -2.39. The van der Waals surface area contributed by atoms with Crippen molar-refractivity contribution in [3.8, 4) is 0 Å². The fraction of sp³-hybridized carbons (Fsp3) is 0.562. The van der Waals surface area contributed by atoms with Gasteiger partial charge in [0.2, 0.25) is 0 Å². The summed E-state index contributed by atoms with van der Waals surface area (Å²) in [6, 6.07) is 8.55. The van der Waals surface area contributed by atoms with Crippen LogP contribution in [0, 0.1) is 5.92 Å². The van der Waals surface area contributed by atoms with Gasteiger partial charge in [0, 0.05) is 24.8 Å². The van der Waals surface area contributed by atoms with E-state index in [4.69, 9.17) is 0 Å². The minimum absolute atomic E-state index is 0.0290. The minimum Gasteiger partial charge on any atom is -0.325 e. The van der Waals surface area contributed by atoms with E-state index in [-0.39, 0.29) is 12.1 Å². The molecular weight excluding hydrogens is 250 g/mol. The zero-order chi connectivity index (χ0) is 14.7. The third kappa shape index (κ3) is 3.51. The second kappa shape index (κ2) is 6.27. The first-order chi connectivity index (χ1) is 9.52. The van der Waals surface area contributed by atoms with Gasteiger partial charge in [-0.3, -0.25) is 0 Å². The maximum atomic E-state index is 12.2. The molecule has 0 aromatic heterocycles. The van der Waals surface area contributed by atoms with Gasteiger partial charge >= 0.3 is 6.03 Å². The topological polar surface area (TPSA) is 44.4 Å². The van der Waals surface area contributed by atoms with Crippen molar-refractivity contribution >= 4 is 11.7 Å². The Labute approximate surface area is 121 Å². The Morgan fingerprint density at radius 3 is 2.65 bits per heavy atom. The summed E-state index contributed by atoms with van der Waals surface area (Å²) in [5, 5.41) is 6.19. The first-order valence-electron chi connectivity index (χ1n) is 7.34. The Balaban J connectivity index is 1.99. The number of hydrogen-bond donors (Lipinski definition) is 2. The number of nitrogens with zero attached hydrogens (tertiary/aromatic N) is 1. The lowest BCUT2D eigenvalue weighted by atomic mass is 10.1. The van der Waals surface area contributed by atoms with Crippen LogP contribution in [0.2, 0.25) is 0 Å². The number of amides is 2. The Hall–Kier alpha value is -1.55. The number of rotatable bonds is 5. The average molecular weight is 275 g/mol. The molecule has 110 valence electrons. The van der Waals surface area contributed by atoms with Crippen LogP contribution in [0.3, 0.4) is 0 Å². The van der Waals surface area contributed by atoms with E-state index in [2.05, 4.69) is 30.5 Å². The average Bonchev–Trinajstić information content (AvgIpc) is 3.29. The Morgan fingerprint density at radius 2 is 2.05 bits per heavy atom. The molecule has 1 aromatic carbocycles. The summed E-state index contributed by atoms with van der Waals surface area (Å²) < 4.78 is 0. The largest absolute Gasteiger partial charge is 0.325 e. The van der Waals surface area contributed by atoms with Crippen molar-refractivity contribution in [2.75, 3.05) is 19.4 Å². The van der Waals surface area contributed by atoms with Crippen molar-refractivity contribution in [1.82, 2.24) is 10.2 Å². The number of carbonyl (C=O) groups is 1. The quantitative estimate of drug-likeness (QED) is 0.866. The van der Waals surface area contributed by atoms with Crippen LogP contribution >= 0.6 is 0 Å². The Kier molecular flexibility index (Phi) is 4.65. The molecule has 4 nitrogen and oxygen atoms in total. The van der Waals surface area contributed by atoms with Crippen LogP contribution in [0.25, 0.3) is 0 Å². The first kappa shape index (κ1) is 14.9. The molecule has 0 aliphatic heterocycles. The molecule has 0 heterocycles. The molecule has 1 aromatic rings. The zero-order valence-corrected chi connectivity index (χ0v) is 12.8. The van der Waals surface area contributed by atoms with Gasteiger partial charge in [0.05, 0.1) is 0 Å². The highest BCUT2D eigenvalue weighted by Crippen LogP contribution is 2.34. The lowest BCUT2D eigenvalue weighted by molar-refractivity contribution is 0.201. The lowest BCUT2D eigenvalue weighted by Gasteiger charge is -2.25. The predicted octanol–water partition coefficient (Wildman–Crippen LogP) is 3.23. The first-order valence-corrected chi connectivity index (χ1v) is 7.34. The molecule has 1 aliphatic rings. The van der Waals surface area contributed by atoms with E-state index in [1.54, 1.807) is 0 Å². The highest BCUT2D eigenvalue weighted by atomic mass is 16.2. The van der Waals surface area contributed by atoms with Gasteiger partial charge in [-0.15, -0.1) is 0 Å². The number of carbonyl (C=O) groups excluding carboxylic acids is 1. The predicted molar refractivity (Wildman–Crippen MR) is 82.9 cm³/mol. The van der Waals surface area contributed by atoms with Crippen molar-refractivity contribution in [1.29, 1.82) is 0 Å². The van der Waals surface area contributed by atoms with Crippen LogP contribution in [-0.2, 0) is 0 Å². The van der Waals surface area contributed by atoms with Gasteiger partial charge in [0.15, 0.2) is 0 Å². The summed E-state index contributed by atoms with van der Waals surface area (Å²) in [5.41, 5.74) is 2.02. The van der Waals surface area contributed by atoms with E-state index in [9.17, 15) is 4.79 Å². The van der Waals surface area contributed by atoms with Gasteiger partial charge < -0.3 is 15.5 Å². The van der Waals surface area contributed by atoms with E-state index < -0.39 is 0 Å². The van der Waals surface area contributed by atoms with E-state index in [1.807, 2.05) is 37.2 Å². The van der Waals surface area contributed by atoms with Gasteiger partial charge in [-0.1, -0.05) is 12.1 Å². The molecule has 0 bridgehead atoms. The van der Waals surface area contributed by atoms with Crippen LogP contribution in [0.5, 0.6) is 0 Å². The van der Waals surface area contributed by atoms with E-state index in [0.717, 1.165) is 5.69 Å². The van der Waals surface area contributed by atoms with Crippen molar-refractivity contribution in [2.45, 2.75) is 38.8 Å². The number of nitrogens with one attached hydrogen (secondary N) is 2. The fourth-order valence-electron chi connectivity index (χ4n) is 2.34. The summed E-state index contributed by atoms with van der Waals surface area (Å²) in [5.74, 6) is 0.682. The molecule has 4 heteroatoms. The molecule has 1 aliphatic carbocycles. The highest BCUT2D eigenvalue weighted by Gasteiger charge is 2.32. The normalized spacial score (nSPS) is 17.4. The van der Waals surface area contributed by atoms with E-state index in [1.165, 1.54) is 18.4 Å². The van der Waals surface area contributed by atoms with Crippen molar-refractivity contribution in [3.05, 3.63) is 29.8 Å². The maximum Gasteiger partial charge on any atom is 0.321 e. The standard InChI is InChI=1S/C16H25N3O/c1-11(17-3)14-6-5-7-15(10-14)18-16(20)19(4)12(2)13-8-9-13/h5-7,10-13,17H,8-9H2,1-4H3,(H,18,20). The number of anilines is 1. The third-order valence-electron chi connectivity index (χ3n) is 4.31. The molecular formula is C16H25N3O. The van der Waals surface area contributed by atoms with Crippen LogP contribution in [0.15, 0.2) is 24.3 Å². The van der Waals surface area contributed by atoms with Crippen LogP contribution < -0.4 is 10.6 Å². The SMILES string of the molecule is CNC(C)c1cccc(NC(=O)N(C)C(C)C2CC2)c1. The summed E-state index contributed by atoms with van der Waals surface area (Å²) in [7, 11) is 3.80. The monoisotopic (exact) mass is 275 g/mol. The Morgan fingerprint density at radius 1 is 1.35 bits per heavy atom. The van der Waals surface area contributed by atoms with Crippen LogP contribution in [-0.4, -0.2) is 31.1 Å². The molecule has 0 spiro atoms. The molecule has 2 amide bonds. The van der Waals surface area contributed by atoms with Gasteiger partial charge in [0.1, 0.15) is 0 Å².